The van der Waals surface area contributed by atoms with Crippen LogP contribution in [0.3, 0.4) is 0 Å². The van der Waals surface area contributed by atoms with Gasteiger partial charge in [0.1, 0.15) is 5.92 Å². The van der Waals surface area contributed by atoms with Crippen LogP contribution in [0.2, 0.25) is 5.02 Å². The Morgan fingerprint density at radius 3 is 2.50 bits per heavy atom. The minimum absolute atomic E-state index is 0.254. The number of hydrogen-bond acceptors (Lipinski definition) is 2. The standard InChI is InChI=1S/C17H15ClO2/c1-9-6-13-15(12-5-4-10(2)11(3)8-12)17(19)20-16(13)14(18)7-9/h4-8,15H,1-3H3. The zero-order valence-corrected chi connectivity index (χ0v) is 12.4. The van der Waals surface area contributed by atoms with E-state index < -0.39 is 0 Å². The predicted octanol–water partition coefficient (Wildman–Crippen LogP) is 4.32. The van der Waals surface area contributed by atoms with Crippen LogP contribution in [0.1, 0.15) is 33.7 Å². The minimum Gasteiger partial charge on any atom is -0.424 e. The Labute approximate surface area is 123 Å². The van der Waals surface area contributed by atoms with Gasteiger partial charge in [-0.25, -0.2) is 0 Å². The highest BCUT2D eigenvalue weighted by Crippen LogP contribution is 2.44. The molecule has 0 N–H and O–H groups in total. The topological polar surface area (TPSA) is 26.3 Å². The van der Waals surface area contributed by atoms with Crippen molar-refractivity contribution in [3.63, 3.8) is 0 Å². The number of ether oxygens (including phenoxy) is 1. The van der Waals surface area contributed by atoms with Gasteiger partial charge in [-0.2, -0.15) is 0 Å². The molecular formula is C17H15ClO2. The Balaban J connectivity index is 2.17. The summed E-state index contributed by atoms with van der Waals surface area (Å²) >= 11 is 6.17. The maximum Gasteiger partial charge on any atom is 0.323 e. The number of aryl methyl sites for hydroxylation is 3. The van der Waals surface area contributed by atoms with Crippen molar-refractivity contribution in [3.8, 4) is 5.75 Å². The number of hydrogen-bond donors (Lipinski definition) is 0. The SMILES string of the molecule is Cc1cc(Cl)c2c(c1)C(c1ccc(C)c(C)c1)C(=O)O2. The fourth-order valence-electron chi connectivity index (χ4n) is 2.62. The third-order valence-corrected chi connectivity index (χ3v) is 4.11. The fraction of sp³-hybridized carbons (Fsp3) is 0.235. The van der Waals surface area contributed by atoms with Gasteiger partial charge in [-0.3, -0.25) is 4.79 Å². The summed E-state index contributed by atoms with van der Waals surface area (Å²) < 4.78 is 5.36. The van der Waals surface area contributed by atoms with Crippen LogP contribution in [0.5, 0.6) is 5.75 Å². The predicted molar refractivity (Wildman–Crippen MR) is 79.6 cm³/mol. The number of carbonyl (C=O) groups excluding carboxylic acids is 1. The van der Waals surface area contributed by atoms with Crippen LogP contribution in [-0.2, 0) is 4.79 Å². The van der Waals surface area contributed by atoms with Crippen LogP contribution in [-0.4, -0.2) is 5.97 Å². The molecule has 1 heterocycles. The molecule has 1 aliphatic heterocycles. The Morgan fingerprint density at radius 2 is 1.80 bits per heavy atom. The van der Waals surface area contributed by atoms with Gasteiger partial charge in [0, 0.05) is 5.56 Å². The molecule has 2 aromatic carbocycles. The molecule has 102 valence electrons. The quantitative estimate of drug-likeness (QED) is 0.576. The molecule has 1 atom stereocenters. The Morgan fingerprint density at radius 1 is 1.05 bits per heavy atom. The van der Waals surface area contributed by atoms with Gasteiger partial charge in [0.2, 0.25) is 0 Å². The van der Waals surface area contributed by atoms with Crippen molar-refractivity contribution >= 4 is 17.6 Å². The molecule has 0 aliphatic carbocycles. The van der Waals surface area contributed by atoms with E-state index in [2.05, 4.69) is 6.92 Å². The third-order valence-electron chi connectivity index (χ3n) is 3.83. The molecule has 20 heavy (non-hydrogen) atoms. The summed E-state index contributed by atoms with van der Waals surface area (Å²) in [6.07, 6.45) is 0. The van der Waals surface area contributed by atoms with Crippen molar-refractivity contribution in [1.29, 1.82) is 0 Å². The largest absolute Gasteiger partial charge is 0.424 e. The second-order valence-electron chi connectivity index (χ2n) is 5.36. The molecule has 2 nitrogen and oxygen atoms in total. The molecule has 0 spiro atoms. The van der Waals surface area contributed by atoms with Crippen LogP contribution >= 0.6 is 11.6 Å². The number of fused-ring (bicyclic) bond motifs is 1. The van der Waals surface area contributed by atoms with E-state index in [1.807, 2.05) is 44.2 Å². The second kappa shape index (κ2) is 4.64. The molecule has 0 bridgehead atoms. The summed E-state index contributed by atoms with van der Waals surface area (Å²) in [5, 5.41) is 0.500. The van der Waals surface area contributed by atoms with E-state index in [9.17, 15) is 4.79 Å². The van der Waals surface area contributed by atoms with Gasteiger partial charge in [-0.1, -0.05) is 35.9 Å². The van der Waals surface area contributed by atoms with Crippen molar-refractivity contribution in [1.82, 2.24) is 0 Å². The molecule has 1 unspecified atom stereocenters. The van der Waals surface area contributed by atoms with E-state index in [1.165, 1.54) is 11.1 Å². The maximum absolute atomic E-state index is 12.2. The van der Waals surface area contributed by atoms with Gasteiger partial charge in [0.25, 0.3) is 0 Å². The van der Waals surface area contributed by atoms with E-state index in [0.717, 1.165) is 16.7 Å². The van der Waals surface area contributed by atoms with Gasteiger partial charge in [0.15, 0.2) is 5.75 Å². The van der Waals surface area contributed by atoms with E-state index >= 15 is 0 Å². The van der Waals surface area contributed by atoms with E-state index in [1.54, 1.807) is 0 Å². The van der Waals surface area contributed by atoms with Crippen molar-refractivity contribution in [3.05, 3.63) is 63.2 Å². The summed E-state index contributed by atoms with van der Waals surface area (Å²) in [5.41, 5.74) is 5.23. The monoisotopic (exact) mass is 286 g/mol. The summed E-state index contributed by atoms with van der Waals surface area (Å²) in [4.78, 5) is 12.2. The molecule has 0 saturated carbocycles. The lowest BCUT2D eigenvalue weighted by molar-refractivity contribution is -0.133. The lowest BCUT2D eigenvalue weighted by Gasteiger charge is -2.11. The lowest BCUT2D eigenvalue weighted by Crippen LogP contribution is -2.11. The fourth-order valence-corrected chi connectivity index (χ4v) is 2.94. The molecule has 0 aromatic heterocycles. The zero-order valence-electron chi connectivity index (χ0n) is 11.7. The number of esters is 1. The molecular weight excluding hydrogens is 272 g/mol. The number of carbonyl (C=O) groups is 1. The first-order valence-electron chi connectivity index (χ1n) is 6.56. The number of rotatable bonds is 1. The van der Waals surface area contributed by atoms with Crippen molar-refractivity contribution < 1.29 is 9.53 Å². The zero-order chi connectivity index (χ0) is 14.4. The molecule has 3 rings (SSSR count). The van der Waals surface area contributed by atoms with Crippen molar-refractivity contribution in [2.24, 2.45) is 0 Å². The molecule has 0 radical (unpaired) electrons. The summed E-state index contributed by atoms with van der Waals surface area (Å²) in [5.74, 6) is -0.122. The van der Waals surface area contributed by atoms with Crippen molar-refractivity contribution in [2.45, 2.75) is 26.7 Å². The van der Waals surface area contributed by atoms with E-state index in [4.69, 9.17) is 16.3 Å². The first-order chi connectivity index (χ1) is 9.47. The van der Waals surface area contributed by atoms with Crippen LogP contribution in [0.25, 0.3) is 0 Å². The highest BCUT2D eigenvalue weighted by molar-refractivity contribution is 6.32. The van der Waals surface area contributed by atoms with Gasteiger partial charge in [-0.05, 0) is 49.1 Å². The number of halogens is 1. The second-order valence-corrected chi connectivity index (χ2v) is 5.77. The highest BCUT2D eigenvalue weighted by atomic mass is 35.5. The first-order valence-corrected chi connectivity index (χ1v) is 6.94. The normalized spacial score (nSPS) is 17.0. The van der Waals surface area contributed by atoms with Gasteiger partial charge in [0.05, 0.1) is 5.02 Å². The summed E-state index contributed by atoms with van der Waals surface area (Å²) in [6.45, 7) is 6.07. The Hall–Kier alpha value is -1.80. The minimum atomic E-state index is -0.373. The third kappa shape index (κ3) is 2.01. The van der Waals surface area contributed by atoms with Crippen LogP contribution < -0.4 is 4.74 Å². The maximum atomic E-state index is 12.2. The highest BCUT2D eigenvalue weighted by Gasteiger charge is 2.36. The van der Waals surface area contributed by atoms with Gasteiger partial charge < -0.3 is 4.74 Å². The van der Waals surface area contributed by atoms with Crippen LogP contribution in [0.4, 0.5) is 0 Å². The van der Waals surface area contributed by atoms with Crippen LogP contribution in [0, 0.1) is 20.8 Å². The average Bonchev–Trinajstić information content (AvgIpc) is 2.70. The molecule has 0 amide bonds. The molecule has 1 aliphatic rings. The first kappa shape index (κ1) is 13.2. The molecule has 0 fully saturated rings. The van der Waals surface area contributed by atoms with Crippen LogP contribution in [0.15, 0.2) is 30.3 Å². The van der Waals surface area contributed by atoms with Gasteiger partial charge >= 0.3 is 5.97 Å². The smallest absolute Gasteiger partial charge is 0.323 e. The summed E-state index contributed by atoms with van der Waals surface area (Å²) in [6, 6.07) is 9.86. The molecule has 0 saturated heterocycles. The molecule has 3 heteroatoms. The van der Waals surface area contributed by atoms with E-state index in [0.29, 0.717) is 10.8 Å². The Bertz CT molecular complexity index is 719. The average molecular weight is 287 g/mol. The molecule has 2 aromatic rings. The lowest BCUT2D eigenvalue weighted by atomic mass is 9.90. The van der Waals surface area contributed by atoms with E-state index in [-0.39, 0.29) is 11.9 Å². The van der Waals surface area contributed by atoms with Gasteiger partial charge in [-0.15, -0.1) is 0 Å². The Kier molecular flexibility index (Phi) is 3.06. The van der Waals surface area contributed by atoms with Crippen molar-refractivity contribution in [2.75, 3.05) is 0 Å². The number of benzene rings is 2. The summed E-state index contributed by atoms with van der Waals surface area (Å²) in [7, 11) is 0.